The normalized spacial score (nSPS) is 17.2. The summed E-state index contributed by atoms with van der Waals surface area (Å²) in [4.78, 5) is 45.1. The van der Waals surface area contributed by atoms with Crippen LogP contribution < -0.4 is 15.5 Å². The second-order valence-corrected chi connectivity index (χ2v) is 14.9. The van der Waals surface area contributed by atoms with Gasteiger partial charge in [0.05, 0.1) is 6.54 Å². The summed E-state index contributed by atoms with van der Waals surface area (Å²) in [6, 6.07) is 12.6. The number of nitrogens with one attached hydrogen (secondary N) is 2. The molecular weight excluding hydrogens is 653 g/mol. The zero-order valence-corrected chi connectivity index (χ0v) is 31.4. The molecule has 2 N–H and O–H groups in total. The maximum Gasteiger partial charge on any atom is 0.407 e. The van der Waals surface area contributed by atoms with E-state index >= 15 is 0 Å². The van der Waals surface area contributed by atoms with Crippen molar-refractivity contribution in [2.75, 3.05) is 56.0 Å². The van der Waals surface area contributed by atoms with E-state index in [1.54, 1.807) is 6.20 Å². The number of carbonyl (C=O) groups is 2. The van der Waals surface area contributed by atoms with Gasteiger partial charge in [-0.2, -0.15) is 13.5 Å². The van der Waals surface area contributed by atoms with Crippen molar-refractivity contribution in [1.82, 2.24) is 30.1 Å². The number of rotatable bonds is 11. The highest BCUT2D eigenvalue weighted by atomic mass is 32.1. The largest absolute Gasteiger partial charge is 0.459 e. The fourth-order valence-electron chi connectivity index (χ4n) is 6.17. The van der Waals surface area contributed by atoms with Crippen molar-refractivity contribution in [3.63, 3.8) is 0 Å². The number of carbonyl (C=O) groups excluding carboxylic acids is 2. The highest BCUT2D eigenvalue weighted by molar-refractivity contribution is 7.59. The Kier molecular flexibility index (Phi) is 13.5. The summed E-state index contributed by atoms with van der Waals surface area (Å²) >= 11 is 0. The zero-order chi connectivity index (χ0) is 35.0. The summed E-state index contributed by atoms with van der Waals surface area (Å²) in [5.74, 6) is 1.28. The van der Waals surface area contributed by atoms with Gasteiger partial charge in [0.15, 0.2) is 0 Å². The molecule has 272 valence electrons. The molecule has 5 rings (SSSR count). The number of hydrogen-bond donors (Lipinski definition) is 2. The lowest BCUT2D eigenvalue weighted by Crippen LogP contribution is -2.48. The third-order valence-electron chi connectivity index (χ3n) is 8.35. The minimum atomic E-state index is -0.513. The number of hydrogen-bond acceptors (Lipinski definition) is 11. The molecule has 2 fully saturated rings. The van der Waals surface area contributed by atoms with Crippen molar-refractivity contribution in [2.24, 2.45) is 0 Å². The number of amides is 1. The Morgan fingerprint density at radius 1 is 0.860 bits per heavy atom. The molecule has 0 bridgehead atoms. The van der Waals surface area contributed by atoms with Crippen LogP contribution in [-0.4, -0.2) is 99.9 Å². The predicted octanol–water partition coefficient (Wildman–Crippen LogP) is 5.74. The molecule has 1 atom stereocenters. The van der Waals surface area contributed by atoms with Gasteiger partial charge in [0.1, 0.15) is 17.0 Å². The van der Waals surface area contributed by atoms with Gasteiger partial charge in [0, 0.05) is 81.7 Å². The molecule has 2 aliphatic rings. The predicted molar refractivity (Wildman–Crippen MR) is 202 cm³/mol. The van der Waals surface area contributed by atoms with Crippen molar-refractivity contribution in [3.05, 3.63) is 60.6 Å². The number of piperazine rings is 1. The number of pyridine rings is 1. The van der Waals surface area contributed by atoms with Crippen LogP contribution in [0.25, 0.3) is 11.1 Å². The summed E-state index contributed by atoms with van der Waals surface area (Å²) < 4.78 is 10.8. The molecule has 2 aliphatic heterocycles. The van der Waals surface area contributed by atoms with Gasteiger partial charge in [0.2, 0.25) is 5.95 Å². The number of nitrogens with zero attached hydrogens (tertiary/aromatic N) is 6. The molecular formula is C37H54N8O4S. The highest BCUT2D eigenvalue weighted by Gasteiger charge is 2.27. The van der Waals surface area contributed by atoms with Gasteiger partial charge in [-0.1, -0.05) is 12.1 Å². The average Bonchev–Trinajstić information content (AvgIpc) is 3.49. The van der Waals surface area contributed by atoms with E-state index in [1.165, 1.54) is 5.56 Å². The Morgan fingerprint density at radius 2 is 1.56 bits per heavy atom. The van der Waals surface area contributed by atoms with Gasteiger partial charge in [-0.3, -0.25) is 14.6 Å². The van der Waals surface area contributed by atoms with E-state index in [2.05, 4.69) is 48.5 Å². The second-order valence-electron chi connectivity index (χ2n) is 14.9. The SMILES string of the molecule is CC(C)(C)OC(=O)CN1CCN(Cc2cccc(Nc3cc(-c4cnc(N5CCCC5CCNC(=O)OC(C)(C)C)nc4)ccn3)c2)CC1.S. The molecule has 13 heteroatoms. The Bertz CT molecular complexity index is 1550. The average molecular weight is 707 g/mol. The third-order valence-corrected chi connectivity index (χ3v) is 8.35. The van der Waals surface area contributed by atoms with Crippen LogP contribution in [-0.2, 0) is 20.8 Å². The third kappa shape index (κ3) is 12.1. The van der Waals surface area contributed by atoms with Gasteiger partial charge in [-0.05, 0) is 96.2 Å². The van der Waals surface area contributed by atoms with Crippen LogP contribution >= 0.6 is 13.5 Å². The van der Waals surface area contributed by atoms with Crippen LogP contribution in [0.2, 0.25) is 0 Å². The van der Waals surface area contributed by atoms with Crippen molar-refractivity contribution >= 4 is 43.0 Å². The van der Waals surface area contributed by atoms with Crippen LogP contribution in [0, 0.1) is 0 Å². The first kappa shape index (κ1) is 38.9. The van der Waals surface area contributed by atoms with Gasteiger partial charge < -0.3 is 25.0 Å². The molecule has 0 saturated carbocycles. The van der Waals surface area contributed by atoms with E-state index in [-0.39, 0.29) is 31.6 Å². The van der Waals surface area contributed by atoms with E-state index in [0.717, 1.165) is 81.2 Å². The van der Waals surface area contributed by atoms with Crippen molar-refractivity contribution in [2.45, 2.75) is 84.6 Å². The first-order valence-electron chi connectivity index (χ1n) is 17.3. The number of esters is 1. The van der Waals surface area contributed by atoms with Gasteiger partial charge in [-0.25, -0.2) is 19.7 Å². The second kappa shape index (κ2) is 17.3. The quantitative estimate of drug-likeness (QED) is 0.237. The summed E-state index contributed by atoms with van der Waals surface area (Å²) in [6.45, 7) is 17.3. The lowest BCUT2D eigenvalue weighted by molar-refractivity contribution is -0.156. The summed E-state index contributed by atoms with van der Waals surface area (Å²) in [5.41, 5.74) is 3.10. The topological polar surface area (TPSA) is 125 Å². The Morgan fingerprint density at radius 3 is 2.26 bits per heavy atom. The molecule has 1 aromatic carbocycles. The highest BCUT2D eigenvalue weighted by Crippen LogP contribution is 2.27. The summed E-state index contributed by atoms with van der Waals surface area (Å²) in [7, 11) is 0. The summed E-state index contributed by atoms with van der Waals surface area (Å²) in [5, 5.41) is 6.33. The molecule has 2 aromatic heterocycles. The maximum absolute atomic E-state index is 12.2. The number of alkyl carbamates (subject to hydrolysis) is 1. The van der Waals surface area contributed by atoms with Crippen LogP contribution in [0.3, 0.4) is 0 Å². The van der Waals surface area contributed by atoms with Crippen molar-refractivity contribution in [3.8, 4) is 11.1 Å². The van der Waals surface area contributed by atoms with Crippen LogP contribution in [0.15, 0.2) is 55.0 Å². The van der Waals surface area contributed by atoms with E-state index < -0.39 is 11.2 Å². The molecule has 3 aromatic rings. The molecule has 1 amide bonds. The van der Waals surface area contributed by atoms with E-state index in [4.69, 9.17) is 19.4 Å². The van der Waals surface area contributed by atoms with E-state index in [9.17, 15) is 9.59 Å². The fraction of sp³-hybridized carbons (Fsp3) is 0.541. The molecule has 0 radical (unpaired) electrons. The standard InChI is InChI=1S/C37H52N8O4.H2S/c1-36(2,3)48-33(46)26-44-19-17-43(18-20-44)25-27-9-7-10-30(21-27)42-32-22-28(12-14-38-32)29-23-40-34(41-24-29)45-16-8-11-31(45)13-15-39-35(47)49-37(4,5)6;/h7,9-10,12,14,21-24,31H,8,11,13,15-20,25-26H2,1-6H3,(H,38,42)(H,39,47);1H2. The Labute approximate surface area is 303 Å². The molecule has 1 unspecified atom stereocenters. The minimum absolute atomic E-state index is 0. The van der Waals surface area contributed by atoms with Crippen molar-refractivity contribution < 1.29 is 19.1 Å². The Balaban J connectivity index is 0.00000562. The lowest BCUT2D eigenvalue weighted by Gasteiger charge is -2.34. The smallest absolute Gasteiger partial charge is 0.407 e. The monoisotopic (exact) mass is 706 g/mol. The number of ether oxygens (including phenoxy) is 2. The van der Waals surface area contributed by atoms with Crippen LogP contribution in [0.5, 0.6) is 0 Å². The maximum atomic E-state index is 12.2. The fourth-order valence-corrected chi connectivity index (χ4v) is 6.17. The van der Waals surface area contributed by atoms with Gasteiger partial charge in [0.25, 0.3) is 0 Å². The molecule has 2 saturated heterocycles. The first-order chi connectivity index (χ1) is 23.3. The lowest BCUT2D eigenvalue weighted by atomic mass is 10.1. The molecule has 0 aliphatic carbocycles. The molecule has 0 spiro atoms. The minimum Gasteiger partial charge on any atom is -0.459 e. The van der Waals surface area contributed by atoms with E-state index in [1.807, 2.05) is 72.1 Å². The van der Waals surface area contributed by atoms with Gasteiger partial charge >= 0.3 is 12.1 Å². The first-order valence-corrected chi connectivity index (χ1v) is 17.3. The van der Waals surface area contributed by atoms with Crippen LogP contribution in [0.4, 0.5) is 22.2 Å². The Hall–Kier alpha value is -3.94. The van der Waals surface area contributed by atoms with Gasteiger partial charge in [-0.15, -0.1) is 0 Å². The number of aromatic nitrogens is 3. The van der Waals surface area contributed by atoms with Crippen LogP contribution in [0.1, 0.15) is 66.4 Å². The van der Waals surface area contributed by atoms with E-state index in [0.29, 0.717) is 19.0 Å². The molecule has 50 heavy (non-hydrogen) atoms. The molecule has 12 nitrogen and oxygen atoms in total. The number of benzene rings is 1. The zero-order valence-electron chi connectivity index (χ0n) is 30.4. The molecule has 4 heterocycles. The number of anilines is 3. The summed E-state index contributed by atoms with van der Waals surface area (Å²) in [6.07, 6.45) is 8.04. The van der Waals surface area contributed by atoms with Crippen molar-refractivity contribution in [1.29, 1.82) is 0 Å².